The number of rotatable bonds is 3. The summed E-state index contributed by atoms with van der Waals surface area (Å²) in [6, 6.07) is 5.19. The van der Waals surface area contributed by atoms with Gasteiger partial charge in [0.2, 0.25) is 5.91 Å². The minimum Gasteiger partial charge on any atom is -0.490 e. The first kappa shape index (κ1) is 20.8. The number of likely N-dealkylation sites (N-methyl/N-ethyl adjacent to an activating group) is 1. The smallest absolute Gasteiger partial charge is 0.241 e. The van der Waals surface area contributed by atoms with Crippen molar-refractivity contribution in [1.29, 1.82) is 0 Å². The van der Waals surface area contributed by atoms with Gasteiger partial charge in [0, 0.05) is 25.9 Å². The summed E-state index contributed by atoms with van der Waals surface area (Å²) in [5.41, 5.74) is 7.85. The van der Waals surface area contributed by atoms with Gasteiger partial charge in [-0.25, -0.2) is 0 Å². The van der Waals surface area contributed by atoms with Crippen LogP contribution in [0.4, 0.5) is 11.4 Å². The first-order chi connectivity index (χ1) is 10.6. The Bertz CT molecular complexity index is 553. The number of ether oxygens (including phenoxy) is 2. The summed E-state index contributed by atoms with van der Waals surface area (Å²) in [6.45, 7) is 2.90. The minimum absolute atomic E-state index is 0. The van der Waals surface area contributed by atoms with Gasteiger partial charge in [-0.3, -0.25) is 4.79 Å². The van der Waals surface area contributed by atoms with Gasteiger partial charge in [-0.05, 0) is 37.0 Å². The van der Waals surface area contributed by atoms with E-state index in [9.17, 15) is 4.79 Å². The highest BCUT2D eigenvalue weighted by atomic mass is 35.5. The molecule has 0 bridgehead atoms. The van der Waals surface area contributed by atoms with Crippen LogP contribution in [0, 0.1) is 5.92 Å². The molecule has 2 aliphatic heterocycles. The predicted octanol–water partition coefficient (Wildman–Crippen LogP) is 2.05. The molecule has 24 heavy (non-hydrogen) atoms. The lowest BCUT2D eigenvalue weighted by molar-refractivity contribution is -0.119. The number of anilines is 2. The zero-order valence-electron chi connectivity index (χ0n) is 13.7. The molecule has 6 nitrogen and oxygen atoms in total. The number of hydrogen-bond acceptors (Lipinski definition) is 5. The Labute approximate surface area is 154 Å². The van der Waals surface area contributed by atoms with Crippen molar-refractivity contribution in [2.45, 2.75) is 18.9 Å². The summed E-state index contributed by atoms with van der Waals surface area (Å²) < 4.78 is 10.9. The fourth-order valence-corrected chi connectivity index (χ4v) is 2.94. The van der Waals surface area contributed by atoms with Crippen LogP contribution >= 0.6 is 24.8 Å². The lowest BCUT2D eigenvalue weighted by Crippen LogP contribution is -2.44. The first-order valence-corrected chi connectivity index (χ1v) is 7.77. The van der Waals surface area contributed by atoms with Gasteiger partial charge in [0.15, 0.2) is 0 Å². The lowest BCUT2D eigenvalue weighted by atomic mass is 9.92. The Morgan fingerprint density at radius 2 is 2.00 bits per heavy atom. The largest absolute Gasteiger partial charge is 0.490 e. The topological polar surface area (TPSA) is 76.8 Å². The summed E-state index contributed by atoms with van der Waals surface area (Å²) >= 11 is 0. The molecule has 0 aromatic heterocycles. The van der Waals surface area contributed by atoms with E-state index in [2.05, 4.69) is 10.2 Å². The van der Waals surface area contributed by atoms with E-state index in [1.54, 1.807) is 0 Å². The van der Waals surface area contributed by atoms with Gasteiger partial charge in [0.05, 0.1) is 18.3 Å². The molecule has 3 N–H and O–H groups in total. The summed E-state index contributed by atoms with van der Waals surface area (Å²) in [6.07, 6.45) is 1.69. The molecule has 0 saturated carbocycles. The maximum atomic E-state index is 12.3. The molecule has 3 rings (SSSR count). The maximum absolute atomic E-state index is 12.3. The van der Waals surface area contributed by atoms with E-state index in [4.69, 9.17) is 15.2 Å². The van der Waals surface area contributed by atoms with Gasteiger partial charge < -0.3 is 25.4 Å². The molecule has 1 aromatic rings. The van der Waals surface area contributed by atoms with E-state index >= 15 is 0 Å². The van der Waals surface area contributed by atoms with Crippen LogP contribution in [-0.2, 0) is 9.53 Å². The second-order valence-corrected chi connectivity index (χ2v) is 5.92. The molecule has 1 saturated heterocycles. The van der Waals surface area contributed by atoms with Crippen molar-refractivity contribution in [3.8, 4) is 5.75 Å². The molecule has 8 heteroatoms. The molecular formula is C16H25Cl2N3O3. The Kier molecular flexibility index (Phi) is 8.09. The van der Waals surface area contributed by atoms with Crippen LogP contribution in [-0.4, -0.2) is 45.4 Å². The standard InChI is InChI=1S/C16H23N3O3.2ClH/c1-19-6-9-22-14-3-2-12(10-13(14)19)18-16(20)15(17)11-4-7-21-8-5-11;;/h2-3,10-11,15H,4-9,17H2,1H3,(H,18,20);2*1H. The average Bonchev–Trinajstić information content (AvgIpc) is 2.55. The van der Waals surface area contributed by atoms with Crippen molar-refractivity contribution in [2.75, 3.05) is 43.6 Å². The normalized spacial score (nSPS) is 18.3. The zero-order chi connectivity index (χ0) is 15.5. The van der Waals surface area contributed by atoms with Gasteiger partial charge >= 0.3 is 0 Å². The molecule has 0 aliphatic carbocycles. The highest BCUT2D eigenvalue weighted by Gasteiger charge is 2.27. The number of benzene rings is 1. The van der Waals surface area contributed by atoms with Crippen molar-refractivity contribution < 1.29 is 14.3 Å². The molecule has 136 valence electrons. The zero-order valence-corrected chi connectivity index (χ0v) is 15.3. The van der Waals surface area contributed by atoms with Gasteiger partial charge in [0.25, 0.3) is 0 Å². The molecule has 1 aromatic carbocycles. The van der Waals surface area contributed by atoms with E-state index in [1.165, 1.54) is 0 Å². The van der Waals surface area contributed by atoms with Gasteiger partial charge in [-0.1, -0.05) is 0 Å². The first-order valence-electron chi connectivity index (χ1n) is 7.77. The number of carbonyl (C=O) groups is 1. The van der Waals surface area contributed by atoms with Crippen molar-refractivity contribution in [3.63, 3.8) is 0 Å². The van der Waals surface area contributed by atoms with Crippen LogP contribution in [0.1, 0.15) is 12.8 Å². The quantitative estimate of drug-likeness (QED) is 0.842. The molecule has 1 atom stereocenters. The fourth-order valence-electron chi connectivity index (χ4n) is 2.94. The minimum atomic E-state index is -0.492. The highest BCUT2D eigenvalue weighted by molar-refractivity contribution is 5.95. The molecule has 0 radical (unpaired) electrons. The van der Waals surface area contributed by atoms with Gasteiger partial charge in [-0.2, -0.15) is 0 Å². The molecule has 2 heterocycles. The Hall–Kier alpha value is -1.21. The third-order valence-electron chi connectivity index (χ3n) is 4.40. The Morgan fingerprint density at radius 1 is 1.29 bits per heavy atom. The van der Waals surface area contributed by atoms with E-state index in [0.29, 0.717) is 19.8 Å². The van der Waals surface area contributed by atoms with E-state index in [-0.39, 0.29) is 36.6 Å². The second-order valence-electron chi connectivity index (χ2n) is 5.92. The molecule has 2 aliphatic rings. The van der Waals surface area contributed by atoms with Crippen molar-refractivity contribution >= 4 is 42.1 Å². The van der Waals surface area contributed by atoms with Crippen LogP contribution < -0.4 is 20.7 Å². The Balaban J connectivity index is 0.00000144. The number of fused-ring (bicyclic) bond motifs is 1. The summed E-state index contributed by atoms with van der Waals surface area (Å²) in [4.78, 5) is 14.5. The molecule has 1 unspecified atom stereocenters. The number of hydrogen-bond donors (Lipinski definition) is 2. The summed E-state index contributed by atoms with van der Waals surface area (Å²) in [5.74, 6) is 0.907. The van der Waals surface area contributed by atoms with Crippen molar-refractivity contribution in [2.24, 2.45) is 11.7 Å². The monoisotopic (exact) mass is 377 g/mol. The van der Waals surface area contributed by atoms with Crippen LogP contribution in [0.3, 0.4) is 0 Å². The van der Waals surface area contributed by atoms with Crippen LogP contribution in [0.2, 0.25) is 0 Å². The molecule has 1 fully saturated rings. The third kappa shape index (κ3) is 4.66. The van der Waals surface area contributed by atoms with Crippen molar-refractivity contribution in [3.05, 3.63) is 18.2 Å². The maximum Gasteiger partial charge on any atom is 0.241 e. The van der Waals surface area contributed by atoms with Crippen LogP contribution in [0.5, 0.6) is 5.75 Å². The van der Waals surface area contributed by atoms with Gasteiger partial charge in [0.1, 0.15) is 12.4 Å². The van der Waals surface area contributed by atoms with E-state index < -0.39 is 6.04 Å². The number of halogens is 2. The van der Waals surface area contributed by atoms with Crippen molar-refractivity contribution in [1.82, 2.24) is 0 Å². The molecule has 0 spiro atoms. The fraction of sp³-hybridized carbons (Fsp3) is 0.562. The Morgan fingerprint density at radius 3 is 2.71 bits per heavy atom. The number of nitrogens with zero attached hydrogens (tertiary/aromatic N) is 1. The molecule has 1 amide bonds. The molecular weight excluding hydrogens is 353 g/mol. The number of amides is 1. The predicted molar refractivity (Wildman–Crippen MR) is 99.9 cm³/mol. The number of nitrogens with two attached hydrogens (primary N) is 1. The third-order valence-corrected chi connectivity index (χ3v) is 4.40. The second kappa shape index (κ2) is 9.32. The SMILES string of the molecule is CN1CCOc2ccc(NC(=O)C(N)C3CCOCC3)cc21.Cl.Cl. The number of nitrogens with one attached hydrogen (secondary N) is 1. The summed E-state index contributed by atoms with van der Waals surface area (Å²) in [7, 11) is 2.01. The van der Waals surface area contributed by atoms with Gasteiger partial charge in [-0.15, -0.1) is 24.8 Å². The average molecular weight is 378 g/mol. The van der Waals surface area contributed by atoms with Crippen LogP contribution in [0.25, 0.3) is 0 Å². The van der Waals surface area contributed by atoms with E-state index in [0.717, 1.165) is 36.5 Å². The number of carbonyl (C=O) groups excluding carboxylic acids is 1. The van der Waals surface area contributed by atoms with Crippen LogP contribution in [0.15, 0.2) is 18.2 Å². The lowest BCUT2D eigenvalue weighted by Gasteiger charge is -2.29. The summed E-state index contributed by atoms with van der Waals surface area (Å²) in [5, 5.41) is 2.92. The van der Waals surface area contributed by atoms with E-state index in [1.807, 2.05) is 25.2 Å². The highest BCUT2D eigenvalue weighted by Crippen LogP contribution is 2.33.